The topological polar surface area (TPSA) is 32.5 Å². The summed E-state index contributed by atoms with van der Waals surface area (Å²) in [7, 11) is 2.30. The van der Waals surface area contributed by atoms with Gasteiger partial charge < -0.3 is 5.73 Å². The fourth-order valence-corrected chi connectivity index (χ4v) is 4.32. The molecule has 4 heteroatoms. The fraction of sp³-hybridized carbons (Fsp3) is 0.625. The number of nitrogens with zero attached hydrogens (tertiary/aromatic N) is 2. The number of thiophene rings is 1. The molecular formula is C16H23N3S. The summed E-state index contributed by atoms with van der Waals surface area (Å²) >= 11 is 1.82. The maximum absolute atomic E-state index is 5.47. The van der Waals surface area contributed by atoms with E-state index in [2.05, 4.69) is 40.1 Å². The second-order valence-electron chi connectivity index (χ2n) is 5.84. The van der Waals surface area contributed by atoms with Gasteiger partial charge in [0.2, 0.25) is 0 Å². The van der Waals surface area contributed by atoms with Gasteiger partial charge in [-0.2, -0.15) is 0 Å². The van der Waals surface area contributed by atoms with Gasteiger partial charge in [0.25, 0.3) is 0 Å². The van der Waals surface area contributed by atoms with E-state index in [0.717, 1.165) is 18.6 Å². The van der Waals surface area contributed by atoms with Crippen molar-refractivity contribution in [3.05, 3.63) is 21.9 Å². The van der Waals surface area contributed by atoms with Gasteiger partial charge in [0.15, 0.2) is 0 Å². The highest BCUT2D eigenvalue weighted by atomic mass is 32.1. The predicted molar refractivity (Wildman–Crippen MR) is 84.7 cm³/mol. The zero-order valence-electron chi connectivity index (χ0n) is 12.1. The maximum atomic E-state index is 5.47. The van der Waals surface area contributed by atoms with Crippen molar-refractivity contribution in [2.75, 3.05) is 26.7 Å². The van der Waals surface area contributed by atoms with Crippen LogP contribution in [-0.2, 0) is 6.54 Å². The van der Waals surface area contributed by atoms with E-state index in [-0.39, 0.29) is 0 Å². The smallest absolute Gasteiger partial charge is 0.0555 e. The standard InChI is InChI=1S/C16H23N3S/c1-18-14-4-5-15(18)11-19(9-6-14)12-16-13(3-2-8-17)7-10-20-16/h7,10,14-15H,4-6,8-9,11-12,17H2,1H3. The number of likely N-dealkylation sites (N-methyl/N-ethyl adjacent to an activating group) is 1. The van der Waals surface area contributed by atoms with Crippen molar-refractivity contribution in [3.8, 4) is 11.8 Å². The van der Waals surface area contributed by atoms with E-state index in [1.54, 1.807) is 0 Å². The molecule has 0 amide bonds. The molecule has 3 rings (SSSR count). The Morgan fingerprint density at radius 2 is 2.20 bits per heavy atom. The first-order valence-corrected chi connectivity index (χ1v) is 8.35. The number of fused-ring (bicyclic) bond motifs is 2. The highest BCUT2D eigenvalue weighted by molar-refractivity contribution is 7.10. The lowest BCUT2D eigenvalue weighted by Gasteiger charge is -2.25. The monoisotopic (exact) mass is 289 g/mol. The van der Waals surface area contributed by atoms with Crippen molar-refractivity contribution >= 4 is 11.3 Å². The molecule has 1 aromatic heterocycles. The summed E-state index contributed by atoms with van der Waals surface area (Å²) in [5.74, 6) is 6.17. The molecule has 1 aromatic rings. The van der Waals surface area contributed by atoms with Crippen LogP contribution in [-0.4, -0.2) is 48.6 Å². The molecule has 0 spiro atoms. The van der Waals surface area contributed by atoms with Gasteiger partial charge in [0.1, 0.15) is 0 Å². The molecule has 0 saturated carbocycles. The second-order valence-corrected chi connectivity index (χ2v) is 6.84. The maximum Gasteiger partial charge on any atom is 0.0555 e. The van der Waals surface area contributed by atoms with Crippen molar-refractivity contribution < 1.29 is 0 Å². The lowest BCUT2D eigenvalue weighted by Crippen LogP contribution is -2.36. The molecule has 2 saturated heterocycles. The highest BCUT2D eigenvalue weighted by Crippen LogP contribution is 2.29. The van der Waals surface area contributed by atoms with E-state index in [9.17, 15) is 0 Å². The fourth-order valence-electron chi connectivity index (χ4n) is 3.45. The van der Waals surface area contributed by atoms with Gasteiger partial charge in [0.05, 0.1) is 6.54 Å². The third-order valence-corrected chi connectivity index (χ3v) is 5.58. The number of likely N-dealkylation sites (tertiary alicyclic amines) is 1. The Balaban J connectivity index is 1.68. The van der Waals surface area contributed by atoms with Gasteiger partial charge in [-0.05, 0) is 37.8 Å². The molecule has 108 valence electrons. The SMILES string of the molecule is CN1C2CCC1CN(Cc1sccc1C#CCN)CC2. The minimum absolute atomic E-state index is 0.438. The summed E-state index contributed by atoms with van der Waals surface area (Å²) in [4.78, 5) is 6.61. The van der Waals surface area contributed by atoms with Crippen LogP contribution in [0.2, 0.25) is 0 Å². The van der Waals surface area contributed by atoms with Crippen LogP contribution < -0.4 is 5.73 Å². The molecule has 2 aliphatic rings. The normalized spacial score (nSPS) is 27.1. The quantitative estimate of drug-likeness (QED) is 0.842. The van der Waals surface area contributed by atoms with Gasteiger partial charge >= 0.3 is 0 Å². The minimum atomic E-state index is 0.438. The molecule has 2 fully saturated rings. The second kappa shape index (κ2) is 6.28. The van der Waals surface area contributed by atoms with Crippen LogP contribution >= 0.6 is 11.3 Å². The van der Waals surface area contributed by atoms with E-state index in [1.165, 1.54) is 42.8 Å². The van der Waals surface area contributed by atoms with E-state index >= 15 is 0 Å². The van der Waals surface area contributed by atoms with E-state index in [4.69, 9.17) is 5.73 Å². The summed E-state index contributed by atoms with van der Waals surface area (Å²) in [6.07, 6.45) is 4.06. The Hall–Kier alpha value is -0.860. The molecule has 20 heavy (non-hydrogen) atoms. The van der Waals surface area contributed by atoms with Gasteiger partial charge in [-0.25, -0.2) is 0 Å². The molecule has 0 aliphatic carbocycles. The van der Waals surface area contributed by atoms with Crippen LogP contribution in [0.1, 0.15) is 29.7 Å². The number of rotatable bonds is 2. The predicted octanol–water partition coefficient (Wildman–Crippen LogP) is 1.73. The number of hydrogen-bond acceptors (Lipinski definition) is 4. The van der Waals surface area contributed by atoms with Crippen molar-refractivity contribution in [2.24, 2.45) is 5.73 Å². The van der Waals surface area contributed by atoms with Gasteiger partial charge in [-0.1, -0.05) is 11.8 Å². The summed E-state index contributed by atoms with van der Waals surface area (Å²) in [5.41, 5.74) is 6.64. The highest BCUT2D eigenvalue weighted by Gasteiger charge is 2.34. The lowest BCUT2D eigenvalue weighted by molar-refractivity contribution is 0.215. The lowest BCUT2D eigenvalue weighted by atomic mass is 10.1. The average molecular weight is 289 g/mol. The Morgan fingerprint density at radius 3 is 3.05 bits per heavy atom. The minimum Gasteiger partial charge on any atom is -0.320 e. The number of nitrogens with two attached hydrogens (primary N) is 1. The van der Waals surface area contributed by atoms with Crippen molar-refractivity contribution in [1.82, 2.24) is 9.80 Å². The summed E-state index contributed by atoms with van der Waals surface area (Å²) < 4.78 is 0. The molecule has 2 unspecified atom stereocenters. The average Bonchev–Trinajstić information content (AvgIpc) is 2.96. The Morgan fingerprint density at radius 1 is 1.35 bits per heavy atom. The molecule has 2 atom stereocenters. The summed E-state index contributed by atoms with van der Waals surface area (Å²) in [6, 6.07) is 3.68. The molecule has 0 radical (unpaired) electrons. The third kappa shape index (κ3) is 2.91. The van der Waals surface area contributed by atoms with E-state index < -0.39 is 0 Å². The third-order valence-electron chi connectivity index (χ3n) is 4.67. The first-order valence-electron chi connectivity index (χ1n) is 7.47. The molecule has 3 heterocycles. The van der Waals surface area contributed by atoms with Crippen LogP contribution in [0.25, 0.3) is 0 Å². The zero-order chi connectivity index (χ0) is 13.9. The molecule has 2 N–H and O–H groups in total. The molecular weight excluding hydrogens is 266 g/mol. The summed E-state index contributed by atoms with van der Waals surface area (Å²) in [5, 5.41) is 2.14. The van der Waals surface area contributed by atoms with Crippen LogP contribution in [0.15, 0.2) is 11.4 Å². The molecule has 3 nitrogen and oxygen atoms in total. The van der Waals surface area contributed by atoms with Crippen LogP contribution in [0.5, 0.6) is 0 Å². The Bertz CT molecular complexity index is 513. The van der Waals surface area contributed by atoms with E-state index in [1.807, 2.05) is 11.3 Å². The van der Waals surface area contributed by atoms with Crippen LogP contribution in [0.4, 0.5) is 0 Å². The van der Waals surface area contributed by atoms with Crippen molar-refractivity contribution in [1.29, 1.82) is 0 Å². The van der Waals surface area contributed by atoms with Gasteiger partial charge in [0, 0.05) is 42.2 Å². The molecule has 0 aromatic carbocycles. The van der Waals surface area contributed by atoms with E-state index in [0.29, 0.717) is 6.54 Å². The Labute approximate surface area is 125 Å². The van der Waals surface area contributed by atoms with Crippen LogP contribution in [0.3, 0.4) is 0 Å². The zero-order valence-corrected chi connectivity index (χ0v) is 13.0. The van der Waals surface area contributed by atoms with Crippen molar-refractivity contribution in [3.63, 3.8) is 0 Å². The van der Waals surface area contributed by atoms with Crippen LogP contribution in [0, 0.1) is 11.8 Å². The first-order chi connectivity index (χ1) is 9.78. The van der Waals surface area contributed by atoms with Crippen molar-refractivity contribution in [2.45, 2.75) is 37.9 Å². The molecule has 2 aliphatic heterocycles. The largest absolute Gasteiger partial charge is 0.320 e. The molecule has 2 bridgehead atoms. The first kappa shape index (κ1) is 14.1. The Kier molecular flexibility index (Phi) is 4.42. The van der Waals surface area contributed by atoms with Gasteiger partial charge in [-0.3, -0.25) is 9.80 Å². The van der Waals surface area contributed by atoms with Gasteiger partial charge in [-0.15, -0.1) is 11.3 Å². The number of hydrogen-bond donors (Lipinski definition) is 1. The summed E-state index contributed by atoms with van der Waals surface area (Å²) in [6.45, 7) is 3.90.